The average Bonchev–Trinajstić information content (AvgIpc) is 3.13. The minimum Gasteiger partial charge on any atom is -0.331 e. The lowest BCUT2D eigenvalue weighted by atomic mass is 10.2. The van der Waals surface area contributed by atoms with E-state index in [0.717, 1.165) is 4.88 Å². The third kappa shape index (κ3) is 2.24. The quantitative estimate of drug-likeness (QED) is 0.780. The molecule has 0 aliphatic rings. The van der Waals surface area contributed by atoms with E-state index in [1.54, 1.807) is 29.5 Å². The normalized spacial score (nSPS) is 10.3. The van der Waals surface area contributed by atoms with E-state index < -0.39 is 0 Å². The van der Waals surface area contributed by atoms with Gasteiger partial charge in [-0.15, -0.1) is 16.4 Å². The number of rotatable bonds is 2. The van der Waals surface area contributed by atoms with E-state index >= 15 is 0 Å². The van der Waals surface area contributed by atoms with Crippen molar-refractivity contribution in [3.05, 3.63) is 46.2 Å². The Morgan fingerprint density at radius 1 is 1.45 bits per heavy atom. The van der Waals surface area contributed by atoms with Crippen LogP contribution in [0.25, 0.3) is 11.0 Å². The molecule has 0 radical (unpaired) electrons. The number of nitrogens with one attached hydrogen (secondary N) is 1. The zero-order chi connectivity index (χ0) is 13.9. The van der Waals surface area contributed by atoms with Gasteiger partial charge >= 0.3 is 6.03 Å². The predicted molar refractivity (Wildman–Crippen MR) is 74.2 cm³/mol. The molecular weight excluding hydrogens is 274 g/mol. The lowest BCUT2D eigenvalue weighted by Crippen LogP contribution is -2.28. The van der Waals surface area contributed by atoms with Gasteiger partial charge in [-0.25, -0.2) is 4.79 Å². The van der Waals surface area contributed by atoms with Crippen molar-refractivity contribution < 1.29 is 4.79 Å². The number of benzene rings is 1. The number of nitriles is 1. The summed E-state index contributed by atoms with van der Waals surface area (Å²) in [6, 6.07) is 10.5. The molecule has 0 atom stereocenters. The molecule has 0 saturated carbocycles. The fourth-order valence-electron chi connectivity index (χ4n) is 1.79. The number of hydrogen-bond donors (Lipinski definition) is 1. The van der Waals surface area contributed by atoms with Gasteiger partial charge in [0.15, 0.2) is 0 Å². The maximum atomic E-state index is 12.1. The van der Waals surface area contributed by atoms with E-state index in [-0.39, 0.29) is 6.03 Å². The zero-order valence-electron chi connectivity index (χ0n) is 10.3. The Balaban J connectivity index is 1.83. The molecule has 0 spiro atoms. The Morgan fingerprint density at radius 2 is 2.35 bits per heavy atom. The number of carbonyl (C=O) groups is 1. The van der Waals surface area contributed by atoms with Gasteiger partial charge in [-0.2, -0.15) is 9.94 Å². The first kappa shape index (κ1) is 12.3. The Hall–Kier alpha value is -2.72. The number of hydrogen-bond acceptors (Lipinski definition) is 5. The molecule has 2 heterocycles. The summed E-state index contributed by atoms with van der Waals surface area (Å²) >= 11 is 1.57. The van der Waals surface area contributed by atoms with Gasteiger partial charge in [0.1, 0.15) is 5.52 Å². The van der Waals surface area contributed by atoms with Crippen molar-refractivity contribution in [2.24, 2.45) is 0 Å². The Morgan fingerprint density at radius 3 is 3.10 bits per heavy atom. The number of fused-ring (bicyclic) bond motifs is 1. The van der Waals surface area contributed by atoms with Crippen LogP contribution in [0.5, 0.6) is 0 Å². The summed E-state index contributed by atoms with van der Waals surface area (Å²) < 4.78 is 1.20. The highest BCUT2D eigenvalue weighted by Gasteiger charge is 2.12. The SMILES string of the molecule is N#Cc1ccc2c(c1)nnn2C(=O)NCc1cccs1. The summed E-state index contributed by atoms with van der Waals surface area (Å²) in [7, 11) is 0. The number of nitrogens with zero attached hydrogens (tertiary/aromatic N) is 4. The highest BCUT2D eigenvalue weighted by Crippen LogP contribution is 2.13. The van der Waals surface area contributed by atoms with Crippen LogP contribution in [-0.4, -0.2) is 21.0 Å². The van der Waals surface area contributed by atoms with E-state index in [1.807, 2.05) is 23.6 Å². The summed E-state index contributed by atoms with van der Waals surface area (Å²) in [5, 5.41) is 21.3. The fraction of sp³-hybridized carbons (Fsp3) is 0.0769. The van der Waals surface area contributed by atoms with E-state index in [9.17, 15) is 4.79 Å². The maximum Gasteiger partial charge on any atom is 0.344 e. The van der Waals surface area contributed by atoms with Crippen molar-refractivity contribution >= 4 is 28.4 Å². The molecule has 0 bridgehead atoms. The Kier molecular flexibility index (Phi) is 3.15. The van der Waals surface area contributed by atoms with Gasteiger partial charge in [-0.3, -0.25) is 0 Å². The first-order chi connectivity index (χ1) is 9.78. The number of carbonyl (C=O) groups excluding carboxylic acids is 1. The summed E-state index contributed by atoms with van der Waals surface area (Å²) in [5.41, 5.74) is 1.59. The lowest BCUT2D eigenvalue weighted by Gasteiger charge is -2.03. The lowest BCUT2D eigenvalue weighted by molar-refractivity contribution is 0.239. The van der Waals surface area contributed by atoms with Gasteiger partial charge < -0.3 is 5.32 Å². The molecule has 0 aliphatic carbocycles. The summed E-state index contributed by atoms with van der Waals surface area (Å²) in [4.78, 5) is 13.1. The van der Waals surface area contributed by atoms with E-state index in [0.29, 0.717) is 23.1 Å². The largest absolute Gasteiger partial charge is 0.344 e. The van der Waals surface area contributed by atoms with Crippen molar-refractivity contribution in [1.29, 1.82) is 5.26 Å². The molecule has 3 rings (SSSR count). The molecule has 1 N–H and O–H groups in total. The van der Waals surface area contributed by atoms with Crippen molar-refractivity contribution in [1.82, 2.24) is 20.3 Å². The van der Waals surface area contributed by atoms with Crippen molar-refractivity contribution in [3.63, 3.8) is 0 Å². The van der Waals surface area contributed by atoms with Crippen LogP contribution < -0.4 is 5.32 Å². The van der Waals surface area contributed by atoms with Gasteiger partial charge in [0, 0.05) is 4.88 Å². The highest BCUT2D eigenvalue weighted by atomic mass is 32.1. The molecule has 2 aromatic heterocycles. The number of aromatic nitrogens is 3. The topological polar surface area (TPSA) is 83.6 Å². The Labute approximate surface area is 118 Å². The third-order valence-corrected chi connectivity index (χ3v) is 3.64. The van der Waals surface area contributed by atoms with Crippen molar-refractivity contribution in [3.8, 4) is 6.07 Å². The highest BCUT2D eigenvalue weighted by molar-refractivity contribution is 7.09. The van der Waals surface area contributed by atoms with E-state index in [1.165, 1.54) is 4.68 Å². The second kappa shape index (κ2) is 5.11. The molecule has 6 nitrogen and oxygen atoms in total. The van der Waals surface area contributed by atoms with Crippen LogP contribution >= 0.6 is 11.3 Å². The first-order valence-electron chi connectivity index (χ1n) is 5.84. The van der Waals surface area contributed by atoms with Crippen LogP contribution in [0.15, 0.2) is 35.7 Å². The third-order valence-electron chi connectivity index (χ3n) is 2.76. The van der Waals surface area contributed by atoms with Crippen LogP contribution in [0.3, 0.4) is 0 Å². The smallest absolute Gasteiger partial charge is 0.331 e. The molecule has 20 heavy (non-hydrogen) atoms. The number of amides is 1. The molecule has 1 aromatic carbocycles. The summed E-state index contributed by atoms with van der Waals surface area (Å²) in [5.74, 6) is 0. The van der Waals surface area contributed by atoms with Crippen molar-refractivity contribution in [2.45, 2.75) is 6.54 Å². The molecule has 0 aliphatic heterocycles. The molecule has 1 amide bonds. The van der Waals surface area contributed by atoms with Crippen molar-refractivity contribution in [2.75, 3.05) is 0 Å². The summed E-state index contributed by atoms with van der Waals surface area (Å²) in [6.45, 7) is 0.453. The van der Waals surface area contributed by atoms with E-state index in [2.05, 4.69) is 15.6 Å². The van der Waals surface area contributed by atoms with E-state index in [4.69, 9.17) is 5.26 Å². The molecule has 7 heteroatoms. The molecular formula is C13H9N5OS. The molecule has 0 saturated heterocycles. The molecule has 0 unspecified atom stereocenters. The van der Waals surface area contributed by atoms with Gasteiger partial charge in [-0.05, 0) is 29.6 Å². The predicted octanol–water partition coefficient (Wildman–Crippen LogP) is 2.12. The van der Waals surface area contributed by atoms with Gasteiger partial charge in [0.25, 0.3) is 0 Å². The second-order valence-corrected chi connectivity index (χ2v) is 5.09. The van der Waals surface area contributed by atoms with Crippen LogP contribution in [0.1, 0.15) is 10.4 Å². The summed E-state index contributed by atoms with van der Waals surface area (Å²) in [6.07, 6.45) is 0. The maximum absolute atomic E-state index is 12.1. The standard InChI is InChI=1S/C13H9N5OS/c14-7-9-3-4-12-11(6-9)16-17-18(12)13(19)15-8-10-2-1-5-20-10/h1-6H,8H2,(H,15,19). The van der Waals surface area contributed by atoms with Crippen LogP contribution in [0.2, 0.25) is 0 Å². The van der Waals surface area contributed by atoms with Gasteiger partial charge in [0.05, 0.1) is 23.7 Å². The minimum absolute atomic E-state index is 0.342. The molecule has 0 fully saturated rings. The molecule has 98 valence electrons. The van der Waals surface area contributed by atoms with Gasteiger partial charge in [-0.1, -0.05) is 11.3 Å². The monoisotopic (exact) mass is 283 g/mol. The first-order valence-corrected chi connectivity index (χ1v) is 6.72. The molecule has 3 aromatic rings. The second-order valence-electron chi connectivity index (χ2n) is 4.05. The van der Waals surface area contributed by atoms with Crippen LogP contribution in [-0.2, 0) is 6.54 Å². The Bertz CT molecular complexity index is 800. The zero-order valence-corrected chi connectivity index (χ0v) is 11.1. The van der Waals surface area contributed by atoms with Crippen LogP contribution in [0.4, 0.5) is 4.79 Å². The van der Waals surface area contributed by atoms with Gasteiger partial charge in [0.2, 0.25) is 0 Å². The average molecular weight is 283 g/mol. The minimum atomic E-state index is -0.342. The van der Waals surface area contributed by atoms with Crippen LogP contribution in [0, 0.1) is 11.3 Å². The fourth-order valence-corrected chi connectivity index (χ4v) is 2.44. The number of thiophene rings is 1.